The second-order valence-corrected chi connectivity index (χ2v) is 7.12. The number of Topliss-reactive ketones (excluding diaryl/α,β-unsaturated/α-hetero) is 1. The molecule has 2 aliphatic heterocycles. The van der Waals surface area contributed by atoms with Crippen LogP contribution in [0, 0.1) is 5.92 Å². The molecule has 1 aliphatic carbocycles. The van der Waals surface area contributed by atoms with Crippen molar-refractivity contribution in [3.63, 3.8) is 0 Å². The van der Waals surface area contributed by atoms with Crippen molar-refractivity contribution in [1.29, 1.82) is 0 Å². The van der Waals surface area contributed by atoms with Crippen molar-refractivity contribution in [3.05, 3.63) is 35.9 Å². The van der Waals surface area contributed by atoms with Gasteiger partial charge < -0.3 is 18.9 Å². The normalized spacial score (nSPS) is 41.1. The molecule has 0 aromatic heterocycles. The third kappa shape index (κ3) is 2.34. The first kappa shape index (κ1) is 15.3. The van der Waals surface area contributed by atoms with E-state index in [0.29, 0.717) is 13.0 Å². The maximum absolute atomic E-state index is 11.8. The molecule has 5 nitrogen and oxygen atoms in total. The average molecular weight is 318 g/mol. The number of fused-ring (bicyclic) bond motifs is 1. The van der Waals surface area contributed by atoms with Crippen LogP contribution in [0.1, 0.15) is 32.8 Å². The lowest BCUT2D eigenvalue weighted by molar-refractivity contribution is -0.265. The van der Waals surface area contributed by atoms with Gasteiger partial charge in [0.15, 0.2) is 12.1 Å². The van der Waals surface area contributed by atoms with Crippen molar-refractivity contribution in [1.82, 2.24) is 0 Å². The molecule has 2 saturated heterocycles. The Hall–Kier alpha value is -1.27. The van der Waals surface area contributed by atoms with Gasteiger partial charge in [0.1, 0.15) is 23.6 Å². The van der Waals surface area contributed by atoms with Crippen LogP contribution in [-0.4, -0.2) is 35.7 Å². The molecule has 2 unspecified atom stereocenters. The number of benzene rings is 1. The van der Waals surface area contributed by atoms with Gasteiger partial charge in [0, 0.05) is 12.3 Å². The summed E-state index contributed by atoms with van der Waals surface area (Å²) in [5, 5.41) is 0. The minimum atomic E-state index is -0.692. The van der Waals surface area contributed by atoms with Crippen LogP contribution in [0.3, 0.4) is 0 Å². The van der Waals surface area contributed by atoms with Gasteiger partial charge in [-0.3, -0.25) is 4.79 Å². The van der Waals surface area contributed by atoms with Crippen LogP contribution in [0.4, 0.5) is 0 Å². The molecule has 1 spiro atoms. The minimum Gasteiger partial charge on any atom is -0.368 e. The van der Waals surface area contributed by atoms with Crippen molar-refractivity contribution in [2.75, 3.05) is 0 Å². The molecule has 124 valence electrons. The quantitative estimate of drug-likeness (QED) is 0.857. The summed E-state index contributed by atoms with van der Waals surface area (Å²) in [7, 11) is 0. The molecule has 4 rings (SSSR count). The van der Waals surface area contributed by atoms with E-state index in [9.17, 15) is 4.79 Å². The maximum Gasteiger partial charge on any atom is 0.190 e. The van der Waals surface area contributed by atoms with E-state index in [2.05, 4.69) is 0 Å². The molecule has 1 aromatic rings. The lowest BCUT2D eigenvalue weighted by atomic mass is 9.66. The zero-order valence-electron chi connectivity index (χ0n) is 13.7. The van der Waals surface area contributed by atoms with Gasteiger partial charge in [0.05, 0.1) is 6.61 Å². The van der Waals surface area contributed by atoms with Crippen molar-refractivity contribution in [2.45, 2.75) is 63.7 Å². The van der Waals surface area contributed by atoms with E-state index >= 15 is 0 Å². The highest BCUT2D eigenvalue weighted by Gasteiger charge is 2.69. The highest BCUT2D eigenvalue weighted by Crippen LogP contribution is 2.53. The van der Waals surface area contributed by atoms with E-state index in [1.165, 1.54) is 0 Å². The van der Waals surface area contributed by atoms with Gasteiger partial charge >= 0.3 is 0 Å². The molecular formula is C18H22O5. The summed E-state index contributed by atoms with van der Waals surface area (Å²) >= 11 is 0. The molecule has 0 radical (unpaired) electrons. The molecule has 2 heterocycles. The van der Waals surface area contributed by atoms with Gasteiger partial charge in [0.25, 0.3) is 0 Å². The van der Waals surface area contributed by atoms with Crippen molar-refractivity contribution in [2.24, 2.45) is 5.92 Å². The number of carbonyl (C=O) groups is 1. The zero-order chi connectivity index (χ0) is 16.2. The van der Waals surface area contributed by atoms with Crippen LogP contribution < -0.4 is 0 Å². The number of hydrogen-bond donors (Lipinski definition) is 0. The smallest absolute Gasteiger partial charge is 0.190 e. The molecular weight excluding hydrogens is 296 g/mol. The van der Waals surface area contributed by atoms with Gasteiger partial charge in [-0.25, -0.2) is 0 Å². The van der Waals surface area contributed by atoms with Gasteiger partial charge in [-0.1, -0.05) is 37.3 Å². The molecule has 0 amide bonds. The fraction of sp³-hybridized carbons (Fsp3) is 0.611. The fourth-order valence-corrected chi connectivity index (χ4v) is 3.82. The van der Waals surface area contributed by atoms with Crippen molar-refractivity contribution in [3.8, 4) is 0 Å². The van der Waals surface area contributed by atoms with Crippen LogP contribution in [0.2, 0.25) is 0 Å². The molecule has 5 atom stereocenters. The van der Waals surface area contributed by atoms with E-state index in [4.69, 9.17) is 18.9 Å². The van der Waals surface area contributed by atoms with Crippen LogP contribution in [0.5, 0.6) is 0 Å². The van der Waals surface area contributed by atoms with E-state index < -0.39 is 17.7 Å². The Labute approximate surface area is 135 Å². The molecule has 1 saturated carbocycles. The summed E-state index contributed by atoms with van der Waals surface area (Å²) in [5.74, 6) is -0.677. The molecule has 1 aromatic carbocycles. The highest BCUT2D eigenvalue weighted by molar-refractivity contribution is 5.90. The van der Waals surface area contributed by atoms with E-state index in [1.54, 1.807) is 0 Å². The largest absolute Gasteiger partial charge is 0.368 e. The third-order valence-electron chi connectivity index (χ3n) is 5.14. The highest BCUT2D eigenvalue weighted by atomic mass is 16.8. The molecule has 23 heavy (non-hydrogen) atoms. The van der Waals surface area contributed by atoms with Crippen LogP contribution in [-0.2, 0) is 30.3 Å². The lowest BCUT2D eigenvalue weighted by Crippen LogP contribution is -2.62. The number of rotatable bonds is 3. The Balaban J connectivity index is 1.56. The Morgan fingerprint density at radius 3 is 2.57 bits per heavy atom. The number of hydrogen-bond acceptors (Lipinski definition) is 5. The van der Waals surface area contributed by atoms with E-state index in [0.717, 1.165) is 5.56 Å². The minimum absolute atomic E-state index is 0.191. The molecule has 5 heteroatoms. The predicted octanol–water partition coefficient (Wildman–Crippen LogP) is 2.43. The number of ether oxygens (including phenoxy) is 4. The first-order valence-corrected chi connectivity index (χ1v) is 8.13. The van der Waals surface area contributed by atoms with Gasteiger partial charge in [-0.2, -0.15) is 0 Å². The van der Waals surface area contributed by atoms with E-state index in [1.807, 2.05) is 51.1 Å². The summed E-state index contributed by atoms with van der Waals surface area (Å²) in [6, 6.07) is 9.98. The van der Waals surface area contributed by atoms with E-state index in [-0.39, 0.29) is 23.9 Å². The zero-order valence-corrected chi connectivity index (χ0v) is 13.7. The van der Waals surface area contributed by atoms with Gasteiger partial charge in [-0.05, 0) is 19.4 Å². The van der Waals surface area contributed by atoms with Crippen molar-refractivity contribution >= 4 is 5.78 Å². The lowest BCUT2D eigenvalue weighted by Gasteiger charge is -2.47. The number of carbonyl (C=O) groups excluding carboxylic acids is 1. The Bertz CT molecular complexity index is 613. The number of ketones is 1. The van der Waals surface area contributed by atoms with Gasteiger partial charge in [0.2, 0.25) is 0 Å². The standard InChI is InChI=1S/C18H22O5/c1-11-13(19)9-18(11)15(20-10-12-7-5-4-6-8-12)14-16(23-18)22-17(2,3)21-14/h4-8,11,14-16H,9-10H2,1-3H3/t11-,14?,15?,16+,18+/m1/s1. The average Bonchev–Trinajstić information content (AvgIpc) is 2.96. The summed E-state index contributed by atoms with van der Waals surface area (Å²) in [4.78, 5) is 11.8. The summed E-state index contributed by atoms with van der Waals surface area (Å²) < 4.78 is 24.2. The van der Waals surface area contributed by atoms with Crippen molar-refractivity contribution < 1.29 is 23.7 Å². The summed E-state index contributed by atoms with van der Waals surface area (Å²) in [5.41, 5.74) is 0.472. The van der Waals surface area contributed by atoms with Gasteiger partial charge in [-0.15, -0.1) is 0 Å². The molecule has 3 aliphatic rings. The Morgan fingerprint density at radius 2 is 1.91 bits per heavy atom. The molecule has 3 fully saturated rings. The molecule has 0 N–H and O–H groups in total. The fourth-order valence-electron chi connectivity index (χ4n) is 3.82. The summed E-state index contributed by atoms with van der Waals surface area (Å²) in [6.07, 6.45) is -0.707. The van der Waals surface area contributed by atoms with Crippen LogP contribution in [0.25, 0.3) is 0 Å². The van der Waals surface area contributed by atoms with Crippen LogP contribution >= 0.6 is 0 Å². The predicted molar refractivity (Wildman–Crippen MR) is 81.4 cm³/mol. The topological polar surface area (TPSA) is 54.0 Å². The monoisotopic (exact) mass is 318 g/mol. The Morgan fingerprint density at radius 1 is 1.17 bits per heavy atom. The SMILES string of the molecule is C[C@@H]1C(=O)C[C@]12O[C@@H]1OC(C)(C)OC1C2OCc1ccccc1. The first-order valence-electron chi connectivity index (χ1n) is 8.13. The van der Waals surface area contributed by atoms with Crippen LogP contribution in [0.15, 0.2) is 30.3 Å². The third-order valence-corrected chi connectivity index (χ3v) is 5.14. The maximum atomic E-state index is 11.8. The Kier molecular flexibility index (Phi) is 3.39. The molecule has 0 bridgehead atoms. The second-order valence-electron chi connectivity index (χ2n) is 7.12. The first-order chi connectivity index (χ1) is 10.9. The summed E-state index contributed by atoms with van der Waals surface area (Å²) in [6.45, 7) is 6.09. The second kappa shape index (κ2) is 5.11.